The Bertz CT molecular complexity index is 1730. The maximum atomic E-state index is 14.4. The van der Waals surface area contributed by atoms with Crippen LogP contribution in [0.15, 0.2) is 78.9 Å². The van der Waals surface area contributed by atoms with Gasteiger partial charge in [0.05, 0.1) is 12.7 Å². The molecule has 51 heavy (non-hydrogen) atoms. The number of anilines is 1. The predicted octanol–water partition coefficient (Wildman–Crippen LogP) is 3.85. The standard InChI is InChI=1S/C41H50N6O4/c1-29-11-10-12-30(23-29)24-36(44-38(49)35-25-31-13-8-9-14-32(31)26-42-35)39(50)45-21-19-41(20-22-45)40(51)46(28-47(41)34-17-6-3-7-18-34)27-37(48)43-33-15-4-2-5-16-33/h3,6-14,17-18,23,33,35-36,42H,2,4-5,15-16,19-22,24-28H2,1H3,(H,43,48)(H,44,49)/t35-,36-/m1/s1. The van der Waals surface area contributed by atoms with Crippen molar-refractivity contribution in [3.05, 3.63) is 101 Å². The number of para-hydroxylation sites is 1. The quantitative estimate of drug-likeness (QED) is 0.315. The van der Waals surface area contributed by atoms with Gasteiger partial charge in [0.15, 0.2) is 0 Å². The van der Waals surface area contributed by atoms with E-state index in [-0.39, 0.29) is 36.2 Å². The van der Waals surface area contributed by atoms with Crippen molar-refractivity contribution in [1.82, 2.24) is 25.8 Å². The molecule has 3 aliphatic heterocycles. The highest BCUT2D eigenvalue weighted by Crippen LogP contribution is 2.39. The van der Waals surface area contributed by atoms with E-state index in [2.05, 4.69) is 39.0 Å². The van der Waals surface area contributed by atoms with E-state index in [0.717, 1.165) is 48.1 Å². The molecule has 4 amide bonds. The summed E-state index contributed by atoms with van der Waals surface area (Å²) < 4.78 is 0. The van der Waals surface area contributed by atoms with Crippen LogP contribution in [0.5, 0.6) is 0 Å². The highest BCUT2D eigenvalue weighted by atomic mass is 16.2. The van der Waals surface area contributed by atoms with Gasteiger partial charge in [-0.3, -0.25) is 19.2 Å². The van der Waals surface area contributed by atoms with E-state index in [4.69, 9.17) is 0 Å². The van der Waals surface area contributed by atoms with Gasteiger partial charge in [0.25, 0.3) is 5.91 Å². The molecule has 2 atom stereocenters. The third-order valence-electron chi connectivity index (χ3n) is 11.3. The fourth-order valence-electron chi connectivity index (χ4n) is 8.52. The van der Waals surface area contributed by atoms with E-state index in [1.165, 1.54) is 12.0 Å². The second kappa shape index (κ2) is 15.3. The highest BCUT2D eigenvalue weighted by molar-refractivity contribution is 5.97. The van der Waals surface area contributed by atoms with E-state index < -0.39 is 17.6 Å². The molecule has 3 heterocycles. The lowest BCUT2D eigenvalue weighted by Crippen LogP contribution is -2.60. The van der Waals surface area contributed by atoms with Crippen LogP contribution in [0.4, 0.5) is 5.69 Å². The van der Waals surface area contributed by atoms with Gasteiger partial charge in [0.1, 0.15) is 18.1 Å². The van der Waals surface area contributed by atoms with Crippen LogP contribution in [-0.2, 0) is 38.6 Å². The monoisotopic (exact) mass is 690 g/mol. The number of carbonyl (C=O) groups excluding carboxylic acids is 4. The van der Waals surface area contributed by atoms with Crippen LogP contribution in [0.25, 0.3) is 0 Å². The summed E-state index contributed by atoms with van der Waals surface area (Å²) in [6.45, 7) is 3.69. The molecule has 4 aliphatic rings. The Kier molecular flexibility index (Phi) is 10.4. The normalized spacial score (nSPS) is 20.9. The second-order valence-corrected chi connectivity index (χ2v) is 14.8. The molecule has 2 saturated heterocycles. The van der Waals surface area contributed by atoms with Crippen molar-refractivity contribution in [3.63, 3.8) is 0 Å². The van der Waals surface area contributed by atoms with Crippen LogP contribution in [-0.4, -0.2) is 83.4 Å². The third kappa shape index (κ3) is 7.66. The van der Waals surface area contributed by atoms with Crippen molar-refractivity contribution < 1.29 is 19.2 Å². The number of aryl methyl sites for hydroxylation is 1. The fourth-order valence-corrected chi connectivity index (χ4v) is 8.52. The molecule has 1 aliphatic carbocycles. The molecule has 0 bridgehead atoms. The first-order valence-corrected chi connectivity index (χ1v) is 18.7. The molecule has 1 saturated carbocycles. The zero-order valence-electron chi connectivity index (χ0n) is 29.6. The Morgan fingerprint density at radius 3 is 2.37 bits per heavy atom. The Balaban J connectivity index is 1.06. The first-order chi connectivity index (χ1) is 24.8. The van der Waals surface area contributed by atoms with Crippen molar-refractivity contribution in [2.75, 3.05) is 31.2 Å². The minimum absolute atomic E-state index is 0.0212. The van der Waals surface area contributed by atoms with E-state index >= 15 is 0 Å². The number of hydrogen-bond acceptors (Lipinski definition) is 6. The zero-order chi connectivity index (χ0) is 35.4. The number of hydrogen-bond donors (Lipinski definition) is 3. The number of nitrogens with one attached hydrogen (secondary N) is 3. The van der Waals surface area contributed by atoms with Crippen molar-refractivity contribution in [1.29, 1.82) is 0 Å². The maximum Gasteiger partial charge on any atom is 0.250 e. The van der Waals surface area contributed by atoms with E-state index in [1.54, 1.807) is 4.90 Å². The van der Waals surface area contributed by atoms with Crippen LogP contribution in [0.1, 0.15) is 67.2 Å². The molecule has 0 aromatic heterocycles. The Morgan fingerprint density at radius 1 is 0.902 bits per heavy atom. The van der Waals surface area contributed by atoms with Gasteiger partial charge in [-0.25, -0.2) is 0 Å². The summed E-state index contributed by atoms with van der Waals surface area (Å²) in [5.41, 5.74) is 4.46. The van der Waals surface area contributed by atoms with E-state index in [0.29, 0.717) is 52.0 Å². The lowest BCUT2D eigenvalue weighted by molar-refractivity contribution is -0.141. The summed E-state index contributed by atoms with van der Waals surface area (Å²) >= 11 is 0. The Hall–Kier alpha value is -4.70. The van der Waals surface area contributed by atoms with Crippen LogP contribution in [0.2, 0.25) is 0 Å². The number of likely N-dealkylation sites (tertiary alicyclic amines) is 1. The molecule has 3 N–H and O–H groups in total. The lowest BCUT2D eigenvalue weighted by atomic mass is 9.85. The molecule has 0 radical (unpaired) electrons. The minimum Gasteiger partial charge on any atom is -0.352 e. The molecule has 10 nitrogen and oxygen atoms in total. The lowest BCUT2D eigenvalue weighted by Gasteiger charge is -2.44. The summed E-state index contributed by atoms with van der Waals surface area (Å²) in [7, 11) is 0. The van der Waals surface area contributed by atoms with Gasteiger partial charge in [0.2, 0.25) is 17.7 Å². The number of rotatable bonds is 9. The second-order valence-electron chi connectivity index (χ2n) is 14.8. The van der Waals surface area contributed by atoms with Crippen LogP contribution < -0.4 is 20.9 Å². The molecule has 7 rings (SSSR count). The van der Waals surface area contributed by atoms with E-state index in [1.807, 2.05) is 72.5 Å². The smallest absolute Gasteiger partial charge is 0.250 e. The fraction of sp³-hybridized carbons (Fsp3) is 0.463. The van der Waals surface area contributed by atoms with E-state index in [9.17, 15) is 19.2 Å². The van der Waals surface area contributed by atoms with Gasteiger partial charge in [-0.1, -0.05) is 91.6 Å². The highest BCUT2D eigenvalue weighted by Gasteiger charge is 2.54. The molecule has 3 aromatic rings. The van der Waals surface area contributed by atoms with Gasteiger partial charge in [-0.15, -0.1) is 0 Å². The van der Waals surface area contributed by atoms with Gasteiger partial charge in [-0.2, -0.15) is 0 Å². The molecule has 10 heteroatoms. The number of fused-ring (bicyclic) bond motifs is 1. The SMILES string of the molecule is Cc1cccc(C[C@@H](NC(=O)[C@H]2Cc3ccccc3CN2)C(=O)N2CCC3(CC2)C(=O)N(CC(=O)NC2CCCCC2)CN3c2ccccc2)c1. The van der Waals surface area contributed by atoms with Crippen molar-refractivity contribution in [3.8, 4) is 0 Å². The molecule has 3 fully saturated rings. The summed E-state index contributed by atoms with van der Waals surface area (Å²) in [5, 5.41) is 9.65. The first-order valence-electron chi connectivity index (χ1n) is 18.7. The summed E-state index contributed by atoms with van der Waals surface area (Å²) in [5.74, 6) is -0.507. The molecule has 268 valence electrons. The van der Waals surface area contributed by atoms with Crippen LogP contribution in [0, 0.1) is 6.92 Å². The maximum absolute atomic E-state index is 14.4. The van der Waals surface area contributed by atoms with Crippen LogP contribution >= 0.6 is 0 Å². The van der Waals surface area contributed by atoms with Crippen LogP contribution in [0.3, 0.4) is 0 Å². The summed E-state index contributed by atoms with van der Waals surface area (Å²) in [4.78, 5) is 61.2. The Morgan fingerprint density at radius 2 is 1.63 bits per heavy atom. The van der Waals surface area contributed by atoms with Crippen molar-refractivity contribution >= 4 is 29.3 Å². The van der Waals surface area contributed by atoms with Gasteiger partial charge < -0.3 is 30.7 Å². The number of nitrogens with zero attached hydrogens (tertiary/aromatic N) is 3. The summed E-state index contributed by atoms with van der Waals surface area (Å²) in [6.07, 6.45) is 7.21. The molecule has 0 unspecified atom stereocenters. The van der Waals surface area contributed by atoms with Crippen molar-refractivity contribution in [2.45, 2.75) is 94.9 Å². The zero-order valence-corrected chi connectivity index (χ0v) is 29.6. The molecule has 3 aromatic carbocycles. The number of carbonyl (C=O) groups is 4. The van der Waals surface area contributed by atoms with Gasteiger partial charge >= 0.3 is 0 Å². The minimum atomic E-state index is -0.863. The summed E-state index contributed by atoms with van der Waals surface area (Å²) in [6, 6.07) is 25.0. The number of piperidine rings is 1. The largest absolute Gasteiger partial charge is 0.352 e. The van der Waals surface area contributed by atoms with Gasteiger partial charge in [-0.05, 0) is 67.9 Å². The first kappa shape index (κ1) is 34.7. The number of amides is 4. The third-order valence-corrected chi connectivity index (χ3v) is 11.3. The average Bonchev–Trinajstić information content (AvgIpc) is 3.41. The van der Waals surface area contributed by atoms with Crippen molar-refractivity contribution in [2.24, 2.45) is 0 Å². The number of benzene rings is 3. The topological polar surface area (TPSA) is 114 Å². The predicted molar refractivity (Wildman–Crippen MR) is 197 cm³/mol. The molecular formula is C41H50N6O4. The average molecular weight is 691 g/mol. The molecule has 1 spiro atoms. The molecular weight excluding hydrogens is 640 g/mol. The Labute approximate surface area is 300 Å². The van der Waals surface area contributed by atoms with Gasteiger partial charge in [0, 0.05) is 37.8 Å².